The number of ether oxygens (including phenoxy) is 1. The summed E-state index contributed by atoms with van der Waals surface area (Å²) >= 11 is 0. The van der Waals surface area contributed by atoms with E-state index in [-0.39, 0.29) is 30.9 Å². The molecule has 0 aromatic rings. The van der Waals surface area contributed by atoms with E-state index in [1.807, 2.05) is 0 Å². The van der Waals surface area contributed by atoms with Crippen molar-refractivity contribution in [3.05, 3.63) is 0 Å². The minimum atomic E-state index is -0.587. The fourth-order valence-corrected chi connectivity index (χ4v) is 3.23. The van der Waals surface area contributed by atoms with Crippen LogP contribution < -0.4 is 5.32 Å². The van der Waals surface area contributed by atoms with Gasteiger partial charge < -0.3 is 15.0 Å². The zero-order valence-electron chi connectivity index (χ0n) is 15.7. The molecule has 25 heavy (non-hydrogen) atoms. The monoisotopic (exact) mass is 353 g/mol. The molecule has 0 aromatic heterocycles. The minimum absolute atomic E-state index is 0.0361. The predicted molar refractivity (Wildman–Crippen MR) is 94.0 cm³/mol. The molecule has 3 amide bonds. The van der Waals surface area contributed by atoms with Gasteiger partial charge in [-0.05, 0) is 33.6 Å². The van der Waals surface area contributed by atoms with Crippen molar-refractivity contribution >= 4 is 17.9 Å². The molecule has 2 aliphatic rings. The van der Waals surface area contributed by atoms with Crippen molar-refractivity contribution in [2.45, 2.75) is 70.9 Å². The molecule has 1 saturated carbocycles. The second kappa shape index (κ2) is 8.54. The molecule has 0 unspecified atom stereocenters. The third-order valence-electron chi connectivity index (χ3n) is 4.53. The summed E-state index contributed by atoms with van der Waals surface area (Å²) in [7, 11) is 0. The molecule has 0 radical (unpaired) electrons. The Labute approximate surface area is 150 Å². The summed E-state index contributed by atoms with van der Waals surface area (Å²) in [4.78, 5) is 39.4. The number of rotatable bonds is 3. The van der Waals surface area contributed by atoms with Crippen LogP contribution in [0.25, 0.3) is 0 Å². The minimum Gasteiger partial charge on any atom is -0.444 e. The average molecular weight is 353 g/mol. The van der Waals surface area contributed by atoms with Crippen LogP contribution in [0.15, 0.2) is 0 Å². The Bertz CT molecular complexity index is 493. The number of nitrogens with one attached hydrogen (secondary N) is 1. The maximum absolute atomic E-state index is 12.3. The van der Waals surface area contributed by atoms with Gasteiger partial charge in [-0.1, -0.05) is 25.7 Å². The second-order valence-electron chi connectivity index (χ2n) is 7.97. The number of carbonyl (C=O) groups is 3. The molecule has 1 saturated heterocycles. The highest BCUT2D eigenvalue weighted by Gasteiger charge is 2.31. The van der Waals surface area contributed by atoms with Crippen LogP contribution in [0.2, 0.25) is 0 Å². The quantitative estimate of drug-likeness (QED) is 0.786. The zero-order valence-corrected chi connectivity index (χ0v) is 15.7. The predicted octanol–water partition coefficient (Wildman–Crippen LogP) is 1.90. The third kappa shape index (κ3) is 6.55. The summed E-state index contributed by atoms with van der Waals surface area (Å²) in [5, 5.41) is 3.05. The van der Waals surface area contributed by atoms with Crippen LogP contribution in [0, 0.1) is 0 Å². The molecule has 2 rings (SSSR count). The Kier molecular flexibility index (Phi) is 6.67. The number of amides is 3. The van der Waals surface area contributed by atoms with Crippen molar-refractivity contribution in [1.29, 1.82) is 0 Å². The standard InChI is InChI=1S/C18H31N3O4/c1-18(2,3)25-17(24)21-11-10-20(16(23)13-21)12-15(22)19-14-8-6-4-5-7-9-14/h14H,4-13H2,1-3H3,(H,19,22). The summed E-state index contributed by atoms with van der Waals surface area (Å²) < 4.78 is 5.29. The Hall–Kier alpha value is -1.79. The molecule has 1 aliphatic heterocycles. The molecule has 1 aliphatic carbocycles. The molecule has 0 atom stereocenters. The van der Waals surface area contributed by atoms with E-state index in [0.717, 1.165) is 25.7 Å². The van der Waals surface area contributed by atoms with Gasteiger partial charge in [0.05, 0.1) is 6.54 Å². The van der Waals surface area contributed by atoms with Gasteiger partial charge in [-0.2, -0.15) is 0 Å². The van der Waals surface area contributed by atoms with Crippen molar-refractivity contribution in [1.82, 2.24) is 15.1 Å². The maximum Gasteiger partial charge on any atom is 0.410 e. The lowest BCUT2D eigenvalue weighted by atomic mass is 10.1. The molecule has 1 N–H and O–H groups in total. The lowest BCUT2D eigenvalue weighted by Gasteiger charge is -2.35. The van der Waals surface area contributed by atoms with Crippen molar-refractivity contribution in [3.63, 3.8) is 0 Å². The fourth-order valence-electron chi connectivity index (χ4n) is 3.23. The first-order valence-electron chi connectivity index (χ1n) is 9.30. The van der Waals surface area contributed by atoms with Gasteiger partial charge in [-0.15, -0.1) is 0 Å². The van der Waals surface area contributed by atoms with Crippen molar-refractivity contribution in [2.75, 3.05) is 26.2 Å². The van der Waals surface area contributed by atoms with E-state index in [9.17, 15) is 14.4 Å². The van der Waals surface area contributed by atoms with Gasteiger partial charge in [0.2, 0.25) is 11.8 Å². The number of nitrogens with zero attached hydrogens (tertiary/aromatic N) is 2. The van der Waals surface area contributed by atoms with Gasteiger partial charge >= 0.3 is 6.09 Å². The number of piperazine rings is 1. The molecule has 0 bridgehead atoms. The largest absolute Gasteiger partial charge is 0.444 e. The van der Waals surface area contributed by atoms with E-state index >= 15 is 0 Å². The van der Waals surface area contributed by atoms with Gasteiger partial charge in [0.1, 0.15) is 12.1 Å². The third-order valence-corrected chi connectivity index (χ3v) is 4.53. The molecule has 1 heterocycles. The fraction of sp³-hybridized carbons (Fsp3) is 0.833. The summed E-state index contributed by atoms with van der Waals surface area (Å²) in [5.74, 6) is -0.320. The van der Waals surface area contributed by atoms with Crippen LogP contribution in [0.3, 0.4) is 0 Å². The Morgan fingerprint density at radius 2 is 1.76 bits per heavy atom. The molecule has 0 spiro atoms. The second-order valence-corrected chi connectivity index (χ2v) is 7.97. The van der Waals surface area contributed by atoms with Crippen LogP contribution in [0.1, 0.15) is 59.3 Å². The van der Waals surface area contributed by atoms with Crippen LogP contribution in [-0.4, -0.2) is 65.5 Å². The molecular formula is C18H31N3O4. The summed E-state index contributed by atoms with van der Waals surface area (Å²) in [6, 6.07) is 0.230. The SMILES string of the molecule is CC(C)(C)OC(=O)N1CCN(CC(=O)NC2CCCCCC2)C(=O)C1. The van der Waals surface area contributed by atoms with E-state index in [0.29, 0.717) is 13.1 Å². The molecule has 7 nitrogen and oxygen atoms in total. The van der Waals surface area contributed by atoms with E-state index < -0.39 is 11.7 Å². The van der Waals surface area contributed by atoms with Gasteiger partial charge in [-0.25, -0.2) is 4.79 Å². The van der Waals surface area contributed by atoms with Crippen molar-refractivity contribution in [2.24, 2.45) is 0 Å². The van der Waals surface area contributed by atoms with Gasteiger partial charge in [0.15, 0.2) is 0 Å². The molecule has 7 heteroatoms. The highest BCUT2D eigenvalue weighted by Crippen LogP contribution is 2.17. The van der Waals surface area contributed by atoms with Crippen LogP contribution >= 0.6 is 0 Å². The summed E-state index contributed by atoms with van der Waals surface area (Å²) in [6.45, 7) is 6.15. The first-order valence-corrected chi connectivity index (χ1v) is 9.30. The smallest absolute Gasteiger partial charge is 0.410 e. The highest BCUT2D eigenvalue weighted by molar-refractivity contribution is 5.88. The van der Waals surface area contributed by atoms with Crippen LogP contribution in [0.4, 0.5) is 4.79 Å². The normalized spacial score (nSPS) is 20.2. The maximum atomic E-state index is 12.3. The average Bonchev–Trinajstić information content (AvgIpc) is 2.76. The zero-order chi connectivity index (χ0) is 18.4. The topological polar surface area (TPSA) is 79.0 Å². The van der Waals surface area contributed by atoms with Crippen molar-refractivity contribution < 1.29 is 19.1 Å². The molecule has 2 fully saturated rings. The van der Waals surface area contributed by atoms with Crippen molar-refractivity contribution in [3.8, 4) is 0 Å². The number of carbonyl (C=O) groups excluding carboxylic acids is 3. The van der Waals surface area contributed by atoms with E-state index in [4.69, 9.17) is 4.74 Å². The van der Waals surface area contributed by atoms with Crippen LogP contribution in [0.5, 0.6) is 0 Å². The highest BCUT2D eigenvalue weighted by atomic mass is 16.6. The molecule has 142 valence electrons. The first kappa shape index (κ1) is 19.5. The summed E-state index contributed by atoms with van der Waals surface area (Å²) in [5.41, 5.74) is -0.587. The number of hydrogen-bond acceptors (Lipinski definition) is 4. The molecule has 0 aromatic carbocycles. The van der Waals surface area contributed by atoms with E-state index in [1.54, 1.807) is 20.8 Å². The molecular weight excluding hydrogens is 322 g/mol. The summed E-state index contributed by atoms with van der Waals surface area (Å²) in [6.07, 6.45) is 6.33. The first-order chi connectivity index (χ1) is 11.7. The number of hydrogen-bond donors (Lipinski definition) is 1. The van der Waals surface area contributed by atoms with Gasteiger partial charge in [0, 0.05) is 19.1 Å². The van der Waals surface area contributed by atoms with Gasteiger partial charge in [0.25, 0.3) is 0 Å². The van der Waals surface area contributed by atoms with Crippen LogP contribution in [-0.2, 0) is 14.3 Å². The van der Waals surface area contributed by atoms with Gasteiger partial charge in [-0.3, -0.25) is 14.5 Å². The van der Waals surface area contributed by atoms with E-state index in [1.165, 1.54) is 22.6 Å². The Morgan fingerprint density at radius 3 is 2.32 bits per heavy atom. The van der Waals surface area contributed by atoms with E-state index in [2.05, 4.69) is 5.32 Å². The lowest BCUT2D eigenvalue weighted by Crippen LogP contribution is -2.55. The lowest BCUT2D eigenvalue weighted by molar-refractivity contribution is -0.140. The Balaban J connectivity index is 1.78. The Morgan fingerprint density at radius 1 is 1.12 bits per heavy atom.